The normalized spacial score (nSPS) is 18.0. The lowest BCUT2D eigenvalue weighted by atomic mass is 10.2. The molecule has 5 nitrogen and oxygen atoms in total. The lowest BCUT2D eigenvalue weighted by molar-refractivity contribution is 0.315. The number of hydrogen-bond acceptors (Lipinski definition) is 4. The molecule has 0 N–H and O–H groups in total. The highest BCUT2D eigenvalue weighted by Gasteiger charge is 2.48. The zero-order valence-corrected chi connectivity index (χ0v) is 14.1. The van der Waals surface area contributed by atoms with Gasteiger partial charge in [-0.1, -0.05) is 25.1 Å². The first-order chi connectivity index (χ1) is 10.9. The van der Waals surface area contributed by atoms with E-state index in [9.17, 15) is 13.7 Å². The molecule has 23 heavy (non-hydrogen) atoms. The van der Waals surface area contributed by atoms with Crippen LogP contribution < -0.4 is 0 Å². The number of hydrogen-bond donors (Lipinski definition) is 0. The van der Waals surface area contributed by atoms with Gasteiger partial charge in [0.1, 0.15) is 11.3 Å². The van der Waals surface area contributed by atoms with Gasteiger partial charge in [-0.3, -0.25) is 0 Å². The Hall–Kier alpha value is -1.84. The van der Waals surface area contributed by atoms with E-state index in [1.165, 1.54) is 4.31 Å². The summed E-state index contributed by atoms with van der Waals surface area (Å²) in [5.41, 5.74) is 0.0679. The van der Waals surface area contributed by atoms with Gasteiger partial charge in [0.05, 0.1) is 23.3 Å². The van der Waals surface area contributed by atoms with E-state index in [0.717, 1.165) is 11.0 Å². The molecule has 2 aromatic rings. The van der Waals surface area contributed by atoms with Gasteiger partial charge in [-0.2, -0.15) is 9.57 Å². The van der Waals surface area contributed by atoms with E-state index in [0.29, 0.717) is 25.1 Å². The summed E-state index contributed by atoms with van der Waals surface area (Å²) in [7, 11) is -3.51. The quantitative estimate of drug-likeness (QED) is 0.812. The van der Waals surface area contributed by atoms with Crippen LogP contribution in [0.1, 0.15) is 38.5 Å². The van der Waals surface area contributed by atoms with Gasteiger partial charge in [0.25, 0.3) is 0 Å². The largest absolute Gasteiger partial charge is 0.459 e. The van der Waals surface area contributed by atoms with Crippen LogP contribution in [0.25, 0.3) is 11.0 Å². The molecule has 1 heterocycles. The molecule has 0 radical (unpaired) electrons. The molecule has 1 unspecified atom stereocenters. The minimum Gasteiger partial charge on any atom is -0.459 e. The summed E-state index contributed by atoms with van der Waals surface area (Å²) in [5.74, 6) is 0.521. The van der Waals surface area contributed by atoms with E-state index in [4.69, 9.17) is 4.42 Å². The standard InChI is InChI=1S/C17H20N2O3S/c1-3-19(23(20,21)12-17(11-18)8-9-17)13(2)16-10-14-6-4-5-7-15(14)22-16/h4-7,10,13H,3,8-9,12H2,1-2H3. The SMILES string of the molecule is CCN(C(C)c1cc2ccccc2o1)S(=O)(=O)CC1(C#N)CC1. The third-order valence-electron chi connectivity index (χ3n) is 4.51. The fraction of sp³-hybridized carbons (Fsp3) is 0.471. The van der Waals surface area contributed by atoms with Crippen LogP contribution in [-0.2, 0) is 10.0 Å². The third kappa shape index (κ3) is 2.99. The average Bonchev–Trinajstić information content (AvgIpc) is 3.13. The van der Waals surface area contributed by atoms with Crippen molar-refractivity contribution in [1.82, 2.24) is 4.31 Å². The summed E-state index contributed by atoms with van der Waals surface area (Å²) in [6.07, 6.45) is 1.33. The topological polar surface area (TPSA) is 74.3 Å². The molecule has 1 saturated carbocycles. The maximum Gasteiger partial charge on any atom is 0.216 e. The second kappa shape index (κ2) is 5.66. The van der Waals surface area contributed by atoms with E-state index in [-0.39, 0.29) is 5.75 Å². The molecule has 1 aromatic heterocycles. The summed E-state index contributed by atoms with van der Waals surface area (Å²) in [5, 5.41) is 10.1. The second-order valence-corrected chi connectivity index (χ2v) is 8.14. The number of nitriles is 1. The van der Waals surface area contributed by atoms with E-state index in [1.54, 1.807) is 0 Å². The van der Waals surface area contributed by atoms with Crippen LogP contribution in [0.15, 0.2) is 34.7 Å². The van der Waals surface area contributed by atoms with Crippen LogP contribution >= 0.6 is 0 Å². The average molecular weight is 332 g/mol. The molecule has 0 amide bonds. The van der Waals surface area contributed by atoms with Crippen molar-refractivity contribution in [3.05, 3.63) is 36.1 Å². The number of fused-ring (bicyclic) bond motifs is 1. The number of furan rings is 1. The van der Waals surface area contributed by atoms with E-state index in [1.807, 2.05) is 44.2 Å². The zero-order chi connectivity index (χ0) is 16.7. The van der Waals surface area contributed by atoms with E-state index in [2.05, 4.69) is 6.07 Å². The van der Waals surface area contributed by atoms with Crippen molar-refractivity contribution in [3.63, 3.8) is 0 Å². The summed E-state index contributed by atoms with van der Waals surface area (Å²) in [4.78, 5) is 0. The molecule has 1 atom stereocenters. The Kier molecular flexibility index (Phi) is 3.95. The van der Waals surface area contributed by atoms with Crippen molar-refractivity contribution < 1.29 is 12.8 Å². The van der Waals surface area contributed by atoms with E-state index < -0.39 is 21.5 Å². The van der Waals surface area contributed by atoms with Crippen LogP contribution in [-0.4, -0.2) is 25.0 Å². The highest BCUT2D eigenvalue weighted by molar-refractivity contribution is 7.89. The van der Waals surface area contributed by atoms with Crippen molar-refractivity contribution in [2.45, 2.75) is 32.7 Å². The van der Waals surface area contributed by atoms with Gasteiger partial charge < -0.3 is 4.42 Å². The first-order valence-corrected chi connectivity index (χ1v) is 9.41. The minimum atomic E-state index is -3.51. The Labute approximate surface area is 136 Å². The molecule has 1 aliphatic rings. The second-order valence-electron chi connectivity index (χ2n) is 6.21. The van der Waals surface area contributed by atoms with Gasteiger partial charge in [-0.15, -0.1) is 0 Å². The molecular formula is C17H20N2O3S. The molecule has 0 saturated heterocycles. The van der Waals surface area contributed by atoms with Gasteiger partial charge in [-0.25, -0.2) is 8.42 Å². The molecule has 3 rings (SSSR count). The molecule has 122 valence electrons. The van der Waals surface area contributed by atoms with Gasteiger partial charge in [0.15, 0.2) is 0 Å². The lowest BCUT2D eigenvalue weighted by Gasteiger charge is -2.26. The Balaban J connectivity index is 1.89. The Morgan fingerprint density at radius 1 is 1.39 bits per heavy atom. The molecule has 0 spiro atoms. The lowest BCUT2D eigenvalue weighted by Crippen LogP contribution is -2.37. The van der Waals surface area contributed by atoms with Crippen molar-refractivity contribution in [2.24, 2.45) is 5.41 Å². The van der Waals surface area contributed by atoms with Crippen LogP contribution in [0, 0.1) is 16.7 Å². The van der Waals surface area contributed by atoms with E-state index >= 15 is 0 Å². The monoisotopic (exact) mass is 332 g/mol. The number of rotatable bonds is 6. The molecule has 0 bridgehead atoms. The smallest absolute Gasteiger partial charge is 0.216 e. The zero-order valence-electron chi connectivity index (χ0n) is 13.3. The molecule has 1 aliphatic carbocycles. The van der Waals surface area contributed by atoms with Crippen molar-refractivity contribution >= 4 is 21.0 Å². The predicted molar refractivity (Wildman–Crippen MR) is 88.1 cm³/mol. The molecular weight excluding hydrogens is 312 g/mol. The first-order valence-electron chi connectivity index (χ1n) is 7.80. The van der Waals surface area contributed by atoms with Crippen LogP contribution in [0.3, 0.4) is 0 Å². The highest BCUT2D eigenvalue weighted by atomic mass is 32.2. The minimum absolute atomic E-state index is 0.102. The Bertz CT molecular complexity index is 826. The number of para-hydroxylation sites is 1. The number of sulfonamides is 1. The Morgan fingerprint density at radius 3 is 2.65 bits per heavy atom. The van der Waals surface area contributed by atoms with Crippen LogP contribution in [0.4, 0.5) is 0 Å². The fourth-order valence-corrected chi connectivity index (χ4v) is 5.13. The first kappa shape index (κ1) is 16.0. The van der Waals surface area contributed by atoms with Crippen molar-refractivity contribution in [2.75, 3.05) is 12.3 Å². The van der Waals surface area contributed by atoms with Crippen molar-refractivity contribution in [1.29, 1.82) is 5.26 Å². The van der Waals surface area contributed by atoms with Gasteiger partial charge in [0.2, 0.25) is 10.0 Å². The maximum absolute atomic E-state index is 12.7. The summed E-state index contributed by atoms with van der Waals surface area (Å²) >= 11 is 0. The van der Waals surface area contributed by atoms with Crippen LogP contribution in [0.2, 0.25) is 0 Å². The Morgan fingerprint density at radius 2 is 2.09 bits per heavy atom. The summed E-state index contributed by atoms with van der Waals surface area (Å²) < 4.78 is 32.7. The fourth-order valence-electron chi connectivity index (χ4n) is 2.93. The molecule has 0 aliphatic heterocycles. The maximum atomic E-state index is 12.7. The molecule has 1 aromatic carbocycles. The molecule has 1 fully saturated rings. The number of nitrogens with zero attached hydrogens (tertiary/aromatic N) is 2. The third-order valence-corrected chi connectivity index (χ3v) is 6.71. The molecule has 6 heteroatoms. The van der Waals surface area contributed by atoms with Crippen LogP contribution in [0.5, 0.6) is 0 Å². The highest BCUT2D eigenvalue weighted by Crippen LogP contribution is 2.47. The number of benzene rings is 1. The predicted octanol–water partition coefficient (Wildman–Crippen LogP) is 3.45. The summed E-state index contributed by atoms with van der Waals surface area (Å²) in [6, 6.07) is 11.3. The van der Waals surface area contributed by atoms with Gasteiger partial charge in [-0.05, 0) is 31.9 Å². The van der Waals surface area contributed by atoms with Gasteiger partial charge >= 0.3 is 0 Å². The summed E-state index contributed by atoms with van der Waals surface area (Å²) in [6.45, 7) is 3.98. The van der Waals surface area contributed by atoms with Gasteiger partial charge in [0, 0.05) is 11.9 Å². The van der Waals surface area contributed by atoms with Crippen molar-refractivity contribution in [3.8, 4) is 6.07 Å².